The molecule has 2 N–H and O–H groups in total. The van der Waals surface area contributed by atoms with Gasteiger partial charge in [-0.3, -0.25) is 9.59 Å². The molecule has 0 aromatic heterocycles. The highest BCUT2D eigenvalue weighted by Crippen LogP contribution is 2.39. The fraction of sp³-hybridized carbons (Fsp3) is 0.304. The van der Waals surface area contributed by atoms with E-state index in [2.05, 4.69) is 0 Å². The monoisotopic (exact) mass is 395 g/mol. The quantitative estimate of drug-likeness (QED) is 0.636. The molecule has 1 atom stereocenters. The number of aryl methyl sites for hydroxylation is 1. The molecule has 1 aliphatic heterocycles. The van der Waals surface area contributed by atoms with Crippen molar-refractivity contribution < 1.29 is 24.5 Å². The first-order valence-electron chi connectivity index (χ1n) is 9.62. The van der Waals surface area contributed by atoms with Gasteiger partial charge in [0.1, 0.15) is 5.75 Å². The van der Waals surface area contributed by atoms with E-state index >= 15 is 0 Å². The normalized spacial score (nSPS) is 16.5. The smallest absolute Gasteiger partial charge is 0.290 e. The van der Waals surface area contributed by atoms with Gasteiger partial charge in [0.15, 0.2) is 11.5 Å². The van der Waals surface area contributed by atoms with Crippen LogP contribution < -0.4 is 0 Å². The van der Waals surface area contributed by atoms with Gasteiger partial charge < -0.3 is 19.8 Å². The minimum Gasteiger partial charge on any atom is -0.508 e. The van der Waals surface area contributed by atoms with Crippen molar-refractivity contribution in [1.29, 1.82) is 0 Å². The Hall–Kier alpha value is -3.12. The van der Waals surface area contributed by atoms with Crippen molar-refractivity contribution >= 4 is 11.7 Å². The Morgan fingerprint density at radius 1 is 1.10 bits per heavy atom. The van der Waals surface area contributed by atoms with Gasteiger partial charge in [0.2, 0.25) is 0 Å². The van der Waals surface area contributed by atoms with Crippen LogP contribution in [0, 0.1) is 0 Å². The van der Waals surface area contributed by atoms with Gasteiger partial charge in [0.05, 0.1) is 11.6 Å². The molecule has 152 valence electrons. The number of ketones is 1. The van der Waals surface area contributed by atoms with Crippen molar-refractivity contribution in [2.45, 2.75) is 25.3 Å². The van der Waals surface area contributed by atoms with Gasteiger partial charge in [-0.25, -0.2) is 0 Å². The molecule has 1 amide bonds. The number of hydrogen-bond acceptors (Lipinski definition) is 5. The van der Waals surface area contributed by atoms with Crippen LogP contribution >= 0.6 is 0 Å². The molecule has 6 nitrogen and oxygen atoms in total. The first-order valence-corrected chi connectivity index (χ1v) is 9.62. The zero-order valence-electron chi connectivity index (χ0n) is 16.4. The second kappa shape index (κ2) is 9.39. The zero-order valence-corrected chi connectivity index (χ0v) is 16.4. The van der Waals surface area contributed by atoms with Crippen LogP contribution in [-0.2, 0) is 20.7 Å². The van der Waals surface area contributed by atoms with Crippen LogP contribution in [0.3, 0.4) is 0 Å². The van der Waals surface area contributed by atoms with Crippen molar-refractivity contribution in [3.63, 3.8) is 0 Å². The van der Waals surface area contributed by atoms with E-state index in [1.54, 1.807) is 19.2 Å². The van der Waals surface area contributed by atoms with Gasteiger partial charge in [-0.15, -0.1) is 0 Å². The standard InChI is InChI=1S/C23H25NO5/c1-29-14-6-13-24-21(17-9-5-10-18(25)15-17)20(22(27)23(24)28)19(26)12-11-16-7-3-2-4-8-16/h2-5,7-10,15,21,25,27H,6,11-14H2,1H3. The Morgan fingerprint density at radius 3 is 2.55 bits per heavy atom. The Balaban J connectivity index is 1.88. The summed E-state index contributed by atoms with van der Waals surface area (Å²) >= 11 is 0. The first kappa shape index (κ1) is 20.6. The van der Waals surface area contributed by atoms with Gasteiger partial charge in [-0.2, -0.15) is 0 Å². The number of phenols is 1. The fourth-order valence-corrected chi connectivity index (χ4v) is 3.63. The number of rotatable bonds is 9. The van der Waals surface area contributed by atoms with Crippen molar-refractivity contribution in [2.75, 3.05) is 20.3 Å². The molecule has 0 fully saturated rings. The Bertz CT molecular complexity index is 906. The van der Waals surface area contributed by atoms with Crippen LogP contribution in [0.15, 0.2) is 65.9 Å². The summed E-state index contributed by atoms with van der Waals surface area (Å²) in [5.74, 6) is -1.32. The number of carbonyl (C=O) groups is 2. The van der Waals surface area contributed by atoms with Crippen LogP contribution in [0.5, 0.6) is 5.75 Å². The Kier molecular flexibility index (Phi) is 6.67. The Labute approximate surface area is 170 Å². The second-order valence-corrected chi connectivity index (χ2v) is 7.01. The molecule has 29 heavy (non-hydrogen) atoms. The van der Waals surface area contributed by atoms with E-state index in [0.717, 1.165) is 5.56 Å². The number of benzene rings is 2. The molecule has 0 radical (unpaired) electrons. The topological polar surface area (TPSA) is 87.1 Å². The van der Waals surface area contributed by atoms with Crippen molar-refractivity contribution in [2.24, 2.45) is 0 Å². The number of carbonyl (C=O) groups excluding carboxylic acids is 2. The van der Waals surface area contributed by atoms with Crippen LogP contribution in [0.4, 0.5) is 0 Å². The number of Topliss-reactive ketones (excluding diaryl/α,β-unsaturated/α-hetero) is 1. The lowest BCUT2D eigenvalue weighted by Crippen LogP contribution is -2.32. The van der Waals surface area contributed by atoms with E-state index in [1.165, 1.54) is 17.0 Å². The highest BCUT2D eigenvalue weighted by Gasteiger charge is 2.42. The average Bonchev–Trinajstić information content (AvgIpc) is 2.98. The largest absolute Gasteiger partial charge is 0.508 e. The summed E-state index contributed by atoms with van der Waals surface area (Å²) in [7, 11) is 1.58. The lowest BCUT2D eigenvalue weighted by molar-refractivity contribution is -0.129. The molecule has 0 bridgehead atoms. The average molecular weight is 395 g/mol. The molecular formula is C23H25NO5. The lowest BCUT2D eigenvalue weighted by Gasteiger charge is -2.27. The molecule has 1 aliphatic rings. The van der Waals surface area contributed by atoms with E-state index in [4.69, 9.17) is 4.74 Å². The van der Waals surface area contributed by atoms with Gasteiger partial charge >= 0.3 is 0 Å². The molecule has 0 saturated heterocycles. The number of nitrogens with zero attached hydrogens (tertiary/aromatic N) is 1. The van der Waals surface area contributed by atoms with Crippen molar-refractivity contribution in [3.8, 4) is 5.75 Å². The van der Waals surface area contributed by atoms with Crippen LogP contribution in [0.2, 0.25) is 0 Å². The molecule has 0 saturated carbocycles. The summed E-state index contributed by atoms with van der Waals surface area (Å²) in [4.78, 5) is 27.2. The van der Waals surface area contributed by atoms with Gasteiger partial charge in [-0.05, 0) is 36.1 Å². The van der Waals surface area contributed by atoms with Gasteiger partial charge in [0, 0.05) is 26.7 Å². The highest BCUT2D eigenvalue weighted by molar-refractivity contribution is 6.09. The number of methoxy groups -OCH3 is 1. The summed E-state index contributed by atoms with van der Waals surface area (Å²) in [6.07, 6.45) is 1.26. The number of aliphatic hydroxyl groups is 1. The summed E-state index contributed by atoms with van der Waals surface area (Å²) in [6, 6.07) is 15.3. The minimum atomic E-state index is -0.727. The molecule has 6 heteroatoms. The van der Waals surface area contributed by atoms with E-state index in [-0.39, 0.29) is 23.5 Å². The summed E-state index contributed by atoms with van der Waals surface area (Å²) in [5, 5.41) is 20.4. The molecule has 1 unspecified atom stereocenters. The lowest BCUT2D eigenvalue weighted by atomic mass is 9.93. The molecular weight excluding hydrogens is 370 g/mol. The fourth-order valence-electron chi connectivity index (χ4n) is 3.63. The number of hydrogen-bond donors (Lipinski definition) is 2. The second-order valence-electron chi connectivity index (χ2n) is 7.01. The van der Waals surface area contributed by atoms with Crippen LogP contribution in [0.25, 0.3) is 0 Å². The van der Waals surface area contributed by atoms with Crippen LogP contribution in [0.1, 0.15) is 30.0 Å². The number of ether oxygens (including phenoxy) is 1. The van der Waals surface area contributed by atoms with Crippen LogP contribution in [-0.4, -0.2) is 47.1 Å². The number of aromatic hydroxyl groups is 1. The predicted molar refractivity (Wildman–Crippen MR) is 108 cm³/mol. The SMILES string of the molecule is COCCCN1C(=O)C(O)=C(C(=O)CCc2ccccc2)C1c1cccc(O)c1. The Morgan fingerprint density at radius 2 is 1.86 bits per heavy atom. The van der Waals surface area contributed by atoms with Gasteiger partial charge in [-0.1, -0.05) is 42.5 Å². The molecule has 2 aromatic carbocycles. The maximum atomic E-state index is 13.0. The molecule has 1 heterocycles. The van der Waals surface area contributed by atoms with E-state index in [0.29, 0.717) is 31.6 Å². The number of aliphatic hydroxyl groups excluding tert-OH is 1. The highest BCUT2D eigenvalue weighted by atomic mass is 16.5. The minimum absolute atomic E-state index is 0.0364. The maximum absolute atomic E-state index is 13.0. The summed E-state index contributed by atoms with van der Waals surface area (Å²) < 4.78 is 5.06. The number of amides is 1. The predicted octanol–water partition coefficient (Wildman–Crippen LogP) is 3.33. The van der Waals surface area contributed by atoms with E-state index in [9.17, 15) is 19.8 Å². The third kappa shape index (κ3) is 4.66. The third-order valence-electron chi connectivity index (χ3n) is 5.02. The maximum Gasteiger partial charge on any atom is 0.290 e. The molecule has 2 aromatic rings. The van der Waals surface area contributed by atoms with Gasteiger partial charge in [0.25, 0.3) is 5.91 Å². The molecule has 3 rings (SSSR count). The third-order valence-corrected chi connectivity index (χ3v) is 5.02. The number of phenolic OH excluding ortho intramolecular Hbond substituents is 1. The first-order chi connectivity index (χ1) is 14.0. The van der Waals surface area contributed by atoms with Crippen molar-refractivity contribution in [3.05, 3.63) is 77.1 Å². The van der Waals surface area contributed by atoms with E-state index < -0.39 is 17.7 Å². The zero-order chi connectivity index (χ0) is 20.8. The molecule has 0 spiro atoms. The molecule has 0 aliphatic carbocycles. The summed E-state index contributed by atoms with van der Waals surface area (Å²) in [5.41, 5.74) is 1.69. The summed E-state index contributed by atoms with van der Waals surface area (Å²) in [6.45, 7) is 0.779. The van der Waals surface area contributed by atoms with E-state index in [1.807, 2.05) is 30.3 Å². The van der Waals surface area contributed by atoms with Crippen molar-refractivity contribution in [1.82, 2.24) is 4.90 Å².